The molecule has 1 heterocycles. The van der Waals surface area contributed by atoms with E-state index in [9.17, 15) is 0 Å². The van der Waals surface area contributed by atoms with E-state index in [-0.39, 0.29) is 0 Å². The number of hydrogen-bond donors (Lipinski definition) is 2. The summed E-state index contributed by atoms with van der Waals surface area (Å²) in [6, 6.07) is 0. The highest BCUT2D eigenvalue weighted by Crippen LogP contribution is 2.16. The Morgan fingerprint density at radius 3 is 2.65 bits per heavy atom. The zero-order valence-corrected chi connectivity index (χ0v) is 13.5. The normalized spacial score (nSPS) is 18.2. The molecule has 0 unspecified atom stereocenters. The first-order valence-corrected chi connectivity index (χ1v) is 7.96. The summed E-state index contributed by atoms with van der Waals surface area (Å²) < 4.78 is 5.04. The van der Waals surface area contributed by atoms with E-state index in [1.54, 1.807) is 7.11 Å². The molecule has 1 aliphatic heterocycles. The largest absolute Gasteiger partial charge is 0.385 e. The first-order chi connectivity index (χ1) is 9.80. The highest BCUT2D eigenvalue weighted by molar-refractivity contribution is 5.79. The fourth-order valence-corrected chi connectivity index (χ4v) is 2.62. The van der Waals surface area contributed by atoms with E-state index in [2.05, 4.69) is 27.4 Å². The molecule has 0 bridgehead atoms. The molecule has 0 radical (unpaired) electrons. The van der Waals surface area contributed by atoms with Crippen molar-refractivity contribution in [1.82, 2.24) is 15.5 Å². The summed E-state index contributed by atoms with van der Waals surface area (Å²) in [6.45, 7) is 8.74. The van der Waals surface area contributed by atoms with E-state index < -0.39 is 0 Å². The predicted octanol–water partition coefficient (Wildman–Crippen LogP) is 1.31. The van der Waals surface area contributed by atoms with E-state index >= 15 is 0 Å². The standard InChI is InChI=1S/C15H32N4O/c1-4-9-19-10-6-14(7-11-19)13-18-15(16-2)17-8-5-12-20-3/h14H,4-13H2,1-3H3,(H2,16,17,18). The molecule has 5 heteroatoms. The molecule has 0 aromatic rings. The summed E-state index contributed by atoms with van der Waals surface area (Å²) in [4.78, 5) is 6.84. The number of methoxy groups -OCH3 is 1. The smallest absolute Gasteiger partial charge is 0.190 e. The van der Waals surface area contributed by atoms with Gasteiger partial charge in [-0.3, -0.25) is 4.99 Å². The van der Waals surface area contributed by atoms with Crippen LogP contribution in [0.2, 0.25) is 0 Å². The third-order valence-corrected chi connectivity index (χ3v) is 3.85. The molecule has 0 aliphatic carbocycles. The maximum atomic E-state index is 5.04. The number of nitrogens with one attached hydrogen (secondary N) is 2. The van der Waals surface area contributed by atoms with E-state index in [4.69, 9.17) is 4.74 Å². The summed E-state index contributed by atoms with van der Waals surface area (Å²) in [5.74, 6) is 1.69. The molecule has 0 atom stereocenters. The molecule has 0 aromatic carbocycles. The predicted molar refractivity (Wildman–Crippen MR) is 85.3 cm³/mol. The summed E-state index contributed by atoms with van der Waals surface area (Å²) in [6.07, 6.45) is 4.87. The Hall–Kier alpha value is -0.810. The second kappa shape index (κ2) is 10.9. The summed E-state index contributed by atoms with van der Waals surface area (Å²) in [5.41, 5.74) is 0. The molecule has 2 N–H and O–H groups in total. The second-order valence-corrected chi connectivity index (χ2v) is 5.51. The third-order valence-electron chi connectivity index (χ3n) is 3.85. The van der Waals surface area contributed by atoms with Crippen LogP contribution in [-0.4, -0.2) is 64.3 Å². The van der Waals surface area contributed by atoms with Crippen LogP contribution < -0.4 is 10.6 Å². The topological polar surface area (TPSA) is 48.9 Å². The number of likely N-dealkylation sites (tertiary alicyclic amines) is 1. The van der Waals surface area contributed by atoms with Crippen molar-refractivity contribution in [2.45, 2.75) is 32.6 Å². The summed E-state index contributed by atoms with van der Waals surface area (Å²) in [5, 5.41) is 6.76. The molecule has 1 fully saturated rings. The van der Waals surface area contributed by atoms with Gasteiger partial charge in [0.15, 0.2) is 5.96 Å². The maximum absolute atomic E-state index is 5.04. The van der Waals surface area contributed by atoms with Gasteiger partial charge in [-0.1, -0.05) is 6.92 Å². The molecule has 1 aliphatic rings. The van der Waals surface area contributed by atoms with Gasteiger partial charge in [-0.2, -0.15) is 0 Å². The Labute approximate surface area is 124 Å². The minimum atomic E-state index is 0.778. The number of piperidine rings is 1. The Balaban J connectivity index is 2.12. The van der Waals surface area contributed by atoms with Gasteiger partial charge in [-0.25, -0.2) is 0 Å². The molecule has 0 saturated carbocycles. The van der Waals surface area contributed by atoms with E-state index in [1.165, 1.54) is 38.9 Å². The average Bonchev–Trinajstić information content (AvgIpc) is 2.48. The van der Waals surface area contributed by atoms with Crippen molar-refractivity contribution in [3.63, 3.8) is 0 Å². The van der Waals surface area contributed by atoms with Crippen LogP contribution in [0.3, 0.4) is 0 Å². The van der Waals surface area contributed by atoms with Gasteiger partial charge in [0.25, 0.3) is 0 Å². The minimum absolute atomic E-state index is 0.778. The van der Waals surface area contributed by atoms with Crippen molar-refractivity contribution in [3.8, 4) is 0 Å². The van der Waals surface area contributed by atoms with Gasteiger partial charge in [0.1, 0.15) is 0 Å². The van der Waals surface area contributed by atoms with Gasteiger partial charge in [0.05, 0.1) is 0 Å². The zero-order valence-electron chi connectivity index (χ0n) is 13.5. The van der Waals surface area contributed by atoms with Crippen LogP contribution >= 0.6 is 0 Å². The molecular formula is C15H32N4O. The van der Waals surface area contributed by atoms with E-state index in [1.807, 2.05) is 7.05 Å². The zero-order chi connectivity index (χ0) is 14.6. The lowest BCUT2D eigenvalue weighted by Crippen LogP contribution is -2.43. The van der Waals surface area contributed by atoms with Crippen LogP contribution in [0, 0.1) is 5.92 Å². The number of aliphatic imine (C=N–C) groups is 1. The Morgan fingerprint density at radius 2 is 2.05 bits per heavy atom. The van der Waals surface area contributed by atoms with Crippen molar-refractivity contribution < 1.29 is 4.74 Å². The minimum Gasteiger partial charge on any atom is -0.385 e. The molecule has 1 saturated heterocycles. The van der Waals surface area contributed by atoms with Crippen LogP contribution in [0.4, 0.5) is 0 Å². The van der Waals surface area contributed by atoms with Gasteiger partial charge in [-0.05, 0) is 51.2 Å². The Morgan fingerprint density at radius 1 is 1.30 bits per heavy atom. The van der Waals surface area contributed by atoms with Crippen molar-refractivity contribution in [2.24, 2.45) is 10.9 Å². The molecule has 5 nitrogen and oxygen atoms in total. The number of ether oxygens (including phenoxy) is 1. The van der Waals surface area contributed by atoms with Crippen molar-refractivity contribution in [3.05, 3.63) is 0 Å². The maximum Gasteiger partial charge on any atom is 0.190 e. The van der Waals surface area contributed by atoms with Crippen LogP contribution in [0.15, 0.2) is 4.99 Å². The van der Waals surface area contributed by atoms with Gasteiger partial charge in [0.2, 0.25) is 0 Å². The molecule has 118 valence electrons. The number of rotatable bonds is 8. The lowest BCUT2D eigenvalue weighted by molar-refractivity contribution is 0.185. The molecular weight excluding hydrogens is 252 g/mol. The van der Waals surface area contributed by atoms with Gasteiger partial charge in [0, 0.05) is 33.9 Å². The fourth-order valence-electron chi connectivity index (χ4n) is 2.62. The summed E-state index contributed by atoms with van der Waals surface area (Å²) >= 11 is 0. The lowest BCUT2D eigenvalue weighted by Gasteiger charge is -2.32. The first kappa shape index (κ1) is 17.2. The van der Waals surface area contributed by atoms with Crippen LogP contribution in [0.25, 0.3) is 0 Å². The molecule has 0 spiro atoms. The second-order valence-electron chi connectivity index (χ2n) is 5.51. The van der Waals surface area contributed by atoms with Gasteiger partial charge in [-0.15, -0.1) is 0 Å². The highest BCUT2D eigenvalue weighted by atomic mass is 16.5. The summed E-state index contributed by atoms with van der Waals surface area (Å²) in [7, 11) is 3.56. The monoisotopic (exact) mass is 284 g/mol. The molecule has 1 rings (SSSR count). The molecule has 20 heavy (non-hydrogen) atoms. The average molecular weight is 284 g/mol. The van der Waals surface area contributed by atoms with Crippen LogP contribution in [-0.2, 0) is 4.74 Å². The third kappa shape index (κ3) is 7.10. The number of guanidine groups is 1. The van der Waals surface area contributed by atoms with E-state index in [0.717, 1.165) is 38.0 Å². The number of nitrogens with zero attached hydrogens (tertiary/aromatic N) is 2. The SMILES string of the molecule is CCCN1CCC(CNC(=NC)NCCCOC)CC1. The highest BCUT2D eigenvalue weighted by Gasteiger charge is 2.18. The first-order valence-electron chi connectivity index (χ1n) is 7.96. The van der Waals surface area contributed by atoms with E-state index in [0.29, 0.717) is 0 Å². The van der Waals surface area contributed by atoms with Crippen molar-refractivity contribution in [1.29, 1.82) is 0 Å². The molecule has 0 aromatic heterocycles. The number of hydrogen-bond acceptors (Lipinski definition) is 3. The Kier molecular flexibility index (Phi) is 9.41. The van der Waals surface area contributed by atoms with Gasteiger partial charge >= 0.3 is 0 Å². The quantitative estimate of drug-likeness (QED) is 0.401. The van der Waals surface area contributed by atoms with Crippen LogP contribution in [0.1, 0.15) is 32.6 Å². The van der Waals surface area contributed by atoms with Crippen molar-refractivity contribution >= 4 is 5.96 Å². The van der Waals surface area contributed by atoms with Crippen LogP contribution in [0.5, 0.6) is 0 Å². The fraction of sp³-hybridized carbons (Fsp3) is 0.933. The van der Waals surface area contributed by atoms with Crippen molar-refractivity contribution in [2.75, 3.05) is 53.5 Å². The molecule has 0 amide bonds. The Bertz CT molecular complexity index is 263. The lowest BCUT2D eigenvalue weighted by atomic mass is 9.97. The van der Waals surface area contributed by atoms with Gasteiger partial charge < -0.3 is 20.3 Å².